The van der Waals surface area contributed by atoms with E-state index in [-0.39, 0.29) is 0 Å². The molecule has 0 bridgehead atoms. The number of halogens is 3. The van der Waals surface area contributed by atoms with Gasteiger partial charge in [0.2, 0.25) is 16.1 Å². The van der Waals surface area contributed by atoms with Crippen molar-refractivity contribution in [1.82, 2.24) is 0 Å². The zero-order chi connectivity index (χ0) is 13.0. The summed E-state index contributed by atoms with van der Waals surface area (Å²) in [6, 6.07) is 0. The zero-order valence-electron chi connectivity index (χ0n) is 8.61. The molecule has 0 spiro atoms. The predicted octanol–water partition coefficient (Wildman–Crippen LogP) is 3.07. The molecule has 0 radical (unpaired) electrons. The van der Waals surface area contributed by atoms with Gasteiger partial charge in [-0.2, -0.15) is 0 Å². The standard InChI is InChI=1S/C6H10Cl3O5PS/c1-11-5(10)14-4(6(7,8)9)15(16,12-2)13-3/h4H,1-3H3. The number of alkyl halides is 3. The predicted molar refractivity (Wildman–Crippen MR) is 65.9 cm³/mol. The molecular weight excluding hydrogens is 321 g/mol. The molecular formula is C6H10Cl3O5PS. The van der Waals surface area contributed by atoms with Crippen LogP contribution in [0.1, 0.15) is 0 Å². The summed E-state index contributed by atoms with van der Waals surface area (Å²) in [6.45, 7) is -3.07. The fourth-order valence-corrected chi connectivity index (χ4v) is 4.24. The van der Waals surface area contributed by atoms with Gasteiger partial charge in [-0.05, 0) is 11.8 Å². The molecule has 0 aromatic heterocycles. The molecule has 1 atom stereocenters. The summed E-state index contributed by atoms with van der Waals surface area (Å²) in [5, 5.41) is 0. The molecule has 0 rings (SSSR count). The van der Waals surface area contributed by atoms with Crippen molar-refractivity contribution >= 4 is 59.3 Å². The second-order valence-electron chi connectivity index (χ2n) is 2.37. The number of hydrogen-bond acceptors (Lipinski definition) is 6. The van der Waals surface area contributed by atoms with Gasteiger partial charge >= 0.3 is 6.16 Å². The number of carbonyl (C=O) groups is 1. The van der Waals surface area contributed by atoms with Crippen molar-refractivity contribution in [3.05, 3.63) is 0 Å². The van der Waals surface area contributed by atoms with Crippen molar-refractivity contribution in [2.75, 3.05) is 21.3 Å². The van der Waals surface area contributed by atoms with Crippen LogP contribution in [0, 0.1) is 0 Å². The summed E-state index contributed by atoms with van der Waals surface area (Å²) >= 11 is 21.9. The van der Waals surface area contributed by atoms with Crippen LogP contribution in [0.15, 0.2) is 0 Å². The quantitative estimate of drug-likeness (QED) is 0.448. The van der Waals surface area contributed by atoms with Gasteiger partial charge in [-0.15, -0.1) is 0 Å². The minimum Gasteiger partial charge on any atom is -0.438 e. The molecule has 0 heterocycles. The molecule has 5 nitrogen and oxygen atoms in total. The second-order valence-corrected chi connectivity index (χ2v) is 8.55. The monoisotopic (exact) mass is 330 g/mol. The first kappa shape index (κ1) is 16.7. The summed E-state index contributed by atoms with van der Waals surface area (Å²) < 4.78 is 16.9. The van der Waals surface area contributed by atoms with Gasteiger partial charge in [0.1, 0.15) is 0 Å². The van der Waals surface area contributed by atoms with Gasteiger partial charge in [0.15, 0.2) is 0 Å². The minimum absolute atomic E-state index is 1.04. The van der Waals surface area contributed by atoms with Gasteiger partial charge in [-0.1, -0.05) is 34.8 Å². The summed E-state index contributed by atoms with van der Waals surface area (Å²) in [6.07, 6.45) is -1.04. The van der Waals surface area contributed by atoms with Crippen molar-refractivity contribution in [2.45, 2.75) is 9.64 Å². The Kier molecular flexibility index (Phi) is 6.88. The van der Waals surface area contributed by atoms with Crippen molar-refractivity contribution in [3.63, 3.8) is 0 Å². The summed E-state index contributed by atoms with van der Waals surface area (Å²) in [5.74, 6) is -1.36. The Morgan fingerprint density at radius 2 is 1.69 bits per heavy atom. The number of methoxy groups -OCH3 is 1. The van der Waals surface area contributed by atoms with Crippen LogP contribution in [0.2, 0.25) is 0 Å². The Morgan fingerprint density at radius 1 is 1.25 bits per heavy atom. The molecule has 0 aliphatic heterocycles. The fourth-order valence-electron chi connectivity index (χ4n) is 0.716. The van der Waals surface area contributed by atoms with E-state index in [2.05, 4.69) is 4.74 Å². The van der Waals surface area contributed by atoms with E-state index in [4.69, 9.17) is 60.4 Å². The lowest BCUT2D eigenvalue weighted by molar-refractivity contribution is 0.0562. The highest BCUT2D eigenvalue weighted by Crippen LogP contribution is 2.59. The van der Waals surface area contributed by atoms with Crippen molar-refractivity contribution < 1.29 is 23.3 Å². The van der Waals surface area contributed by atoms with Crippen molar-refractivity contribution in [2.24, 2.45) is 0 Å². The van der Waals surface area contributed by atoms with E-state index in [1.54, 1.807) is 0 Å². The van der Waals surface area contributed by atoms with Gasteiger partial charge in [-0.3, -0.25) is 0 Å². The Balaban J connectivity index is 5.10. The number of hydrogen-bond donors (Lipinski definition) is 0. The lowest BCUT2D eigenvalue weighted by atomic mass is 10.8. The molecule has 0 fully saturated rings. The molecule has 16 heavy (non-hydrogen) atoms. The average molecular weight is 332 g/mol. The molecule has 0 amide bonds. The van der Waals surface area contributed by atoms with Gasteiger partial charge in [-0.25, -0.2) is 4.79 Å². The Hall–Kier alpha value is 0.710. The minimum atomic E-state index is -3.07. The van der Waals surface area contributed by atoms with E-state index in [9.17, 15) is 4.79 Å². The third-order valence-corrected chi connectivity index (χ3v) is 6.06. The Labute approximate surface area is 113 Å². The third kappa shape index (κ3) is 4.53. The normalized spacial score (nSPS) is 14.4. The van der Waals surface area contributed by atoms with Crippen LogP contribution in [-0.4, -0.2) is 37.1 Å². The van der Waals surface area contributed by atoms with Gasteiger partial charge in [0, 0.05) is 14.2 Å². The van der Waals surface area contributed by atoms with E-state index in [0.29, 0.717) is 0 Å². The van der Waals surface area contributed by atoms with E-state index in [1.807, 2.05) is 0 Å². The molecule has 0 N–H and O–H groups in total. The summed E-state index contributed by atoms with van der Waals surface area (Å²) in [5.41, 5.74) is 0. The summed E-state index contributed by atoms with van der Waals surface area (Å²) in [4.78, 5) is 11.0. The largest absolute Gasteiger partial charge is 0.508 e. The smallest absolute Gasteiger partial charge is 0.438 e. The lowest BCUT2D eigenvalue weighted by Gasteiger charge is -2.31. The SMILES string of the molecule is COC(=O)OC(C(Cl)(Cl)Cl)P(=S)(OC)OC. The number of rotatable bonds is 4. The highest BCUT2D eigenvalue weighted by molar-refractivity contribution is 8.10. The maximum atomic E-state index is 11.0. The van der Waals surface area contributed by atoms with Crippen LogP contribution >= 0.6 is 41.3 Å². The molecule has 0 saturated carbocycles. The average Bonchev–Trinajstić information content (AvgIpc) is 2.22. The maximum Gasteiger partial charge on any atom is 0.508 e. The van der Waals surface area contributed by atoms with E-state index < -0.39 is 22.3 Å². The zero-order valence-corrected chi connectivity index (χ0v) is 12.6. The topological polar surface area (TPSA) is 54.0 Å². The Morgan fingerprint density at radius 3 is 1.94 bits per heavy atom. The van der Waals surface area contributed by atoms with Crippen molar-refractivity contribution in [3.8, 4) is 0 Å². The van der Waals surface area contributed by atoms with Gasteiger partial charge in [0.05, 0.1) is 7.11 Å². The number of carbonyl (C=O) groups excluding carboxylic acids is 1. The highest BCUT2D eigenvalue weighted by atomic mass is 35.6. The van der Waals surface area contributed by atoms with Gasteiger partial charge < -0.3 is 18.5 Å². The first-order valence-electron chi connectivity index (χ1n) is 3.73. The molecule has 0 aliphatic carbocycles. The third-order valence-electron chi connectivity index (χ3n) is 1.45. The Bertz CT molecular complexity index is 286. The van der Waals surface area contributed by atoms with E-state index in [0.717, 1.165) is 7.11 Å². The van der Waals surface area contributed by atoms with Crippen LogP contribution in [0.3, 0.4) is 0 Å². The van der Waals surface area contributed by atoms with Crippen LogP contribution in [0.5, 0.6) is 0 Å². The van der Waals surface area contributed by atoms with Crippen LogP contribution in [-0.2, 0) is 30.3 Å². The van der Waals surface area contributed by atoms with E-state index >= 15 is 0 Å². The van der Waals surface area contributed by atoms with E-state index in [1.165, 1.54) is 14.2 Å². The van der Waals surface area contributed by atoms with Crippen LogP contribution in [0.4, 0.5) is 4.79 Å². The fraction of sp³-hybridized carbons (Fsp3) is 0.833. The molecule has 1 unspecified atom stereocenters. The molecule has 96 valence electrons. The molecule has 0 aromatic carbocycles. The first-order valence-corrected chi connectivity index (χ1v) is 7.58. The van der Waals surface area contributed by atoms with Crippen molar-refractivity contribution in [1.29, 1.82) is 0 Å². The van der Waals surface area contributed by atoms with Gasteiger partial charge in [0.25, 0.3) is 0 Å². The lowest BCUT2D eigenvalue weighted by Crippen LogP contribution is -2.32. The molecule has 0 aromatic rings. The second kappa shape index (κ2) is 6.59. The highest BCUT2D eigenvalue weighted by Gasteiger charge is 2.48. The number of ether oxygens (including phenoxy) is 2. The molecule has 0 saturated heterocycles. The summed E-state index contributed by atoms with van der Waals surface area (Å²) in [7, 11) is 3.66. The van der Waals surface area contributed by atoms with Crippen LogP contribution < -0.4 is 0 Å². The molecule has 10 heteroatoms. The first-order chi connectivity index (χ1) is 7.21. The maximum absolute atomic E-state index is 11.0. The van der Waals surface area contributed by atoms with Crippen LogP contribution in [0.25, 0.3) is 0 Å². The molecule has 0 aliphatic rings.